The molecule has 0 aliphatic heterocycles. The number of quaternary nitrogens is 1. The lowest BCUT2D eigenvalue weighted by Crippen LogP contribution is -2.37. The number of allylic oxidation sites excluding steroid dienone is 18. The first-order valence-electron chi connectivity index (χ1n) is 23.7. The van der Waals surface area contributed by atoms with Crippen molar-refractivity contribution in [2.45, 2.75) is 167 Å². The van der Waals surface area contributed by atoms with Crippen molar-refractivity contribution in [1.29, 1.82) is 0 Å². The van der Waals surface area contributed by atoms with Crippen molar-refractivity contribution in [3.8, 4) is 0 Å². The fourth-order valence-electron chi connectivity index (χ4n) is 5.89. The van der Waals surface area contributed by atoms with Gasteiger partial charge in [0, 0.05) is 6.42 Å². The molecule has 0 aromatic carbocycles. The van der Waals surface area contributed by atoms with Gasteiger partial charge in [-0.1, -0.05) is 187 Å². The Morgan fingerprint density at radius 1 is 0.508 bits per heavy atom. The fourth-order valence-corrected chi connectivity index (χ4v) is 6.63. The standard InChI is InChI=1S/C52H88NO7P/c1-5-6-7-8-9-10-11-12-13-14-15-16-17-18-19-20-21-22-23-24-25-26-27-28-29-30-31-32-33-34-35-36-37-38-39-40-41-42-43-44-45-46-52(55)58-49-51(54)50-60-61(56,57)59-48-47-53(2,3)4/h6-7,9-10,12-13,15-16,18-19,21-22,24-25,27-28,30-31,51,54H,5,8,11,14,17,20,23,26,29,32-50H2,1-4H3/p+1/b7-6-,10-9-,13-12-,16-15-,19-18-,22-21-,25-24-,28-27-,31-30-. The van der Waals surface area contributed by atoms with E-state index in [4.69, 9.17) is 13.8 Å². The topological polar surface area (TPSA) is 102 Å². The number of aliphatic hydroxyl groups is 1. The molecule has 0 rings (SSSR count). The van der Waals surface area contributed by atoms with E-state index in [1.807, 2.05) is 21.1 Å². The molecule has 0 aliphatic carbocycles. The van der Waals surface area contributed by atoms with Crippen LogP contribution in [0.2, 0.25) is 0 Å². The van der Waals surface area contributed by atoms with Crippen molar-refractivity contribution in [1.82, 2.24) is 0 Å². The minimum atomic E-state index is -4.26. The molecule has 348 valence electrons. The zero-order chi connectivity index (χ0) is 44.8. The predicted molar refractivity (Wildman–Crippen MR) is 260 cm³/mol. The molecule has 0 aliphatic rings. The van der Waals surface area contributed by atoms with Gasteiger partial charge in [-0.2, -0.15) is 0 Å². The number of ether oxygens (including phenoxy) is 1. The Labute approximate surface area is 374 Å². The summed E-state index contributed by atoms with van der Waals surface area (Å²) < 4.78 is 27.3. The van der Waals surface area contributed by atoms with Crippen molar-refractivity contribution in [2.24, 2.45) is 0 Å². The maximum Gasteiger partial charge on any atom is 0.472 e. The van der Waals surface area contributed by atoms with E-state index in [1.54, 1.807) is 0 Å². The van der Waals surface area contributed by atoms with Gasteiger partial charge < -0.3 is 19.2 Å². The van der Waals surface area contributed by atoms with Crippen molar-refractivity contribution in [3.63, 3.8) is 0 Å². The molecule has 0 saturated carbocycles. The van der Waals surface area contributed by atoms with Gasteiger partial charge in [-0.05, 0) is 77.0 Å². The van der Waals surface area contributed by atoms with Crippen LogP contribution in [0.3, 0.4) is 0 Å². The number of carbonyl (C=O) groups excluding carboxylic acids is 1. The van der Waals surface area contributed by atoms with Crippen LogP contribution in [0, 0.1) is 0 Å². The van der Waals surface area contributed by atoms with Crippen LogP contribution >= 0.6 is 7.82 Å². The summed E-state index contributed by atoms with van der Waals surface area (Å²) in [7, 11) is 1.55. The predicted octanol–water partition coefficient (Wildman–Crippen LogP) is 14.1. The fraction of sp³-hybridized carbons (Fsp3) is 0.635. The molecule has 0 fully saturated rings. The summed E-state index contributed by atoms with van der Waals surface area (Å²) in [5.74, 6) is -0.377. The Kier molecular flexibility index (Phi) is 41.8. The van der Waals surface area contributed by atoms with Crippen LogP contribution in [0.5, 0.6) is 0 Å². The van der Waals surface area contributed by atoms with E-state index < -0.39 is 20.5 Å². The molecule has 2 atom stereocenters. The second-order valence-electron chi connectivity index (χ2n) is 16.6. The Morgan fingerprint density at radius 2 is 0.852 bits per heavy atom. The highest BCUT2D eigenvalue weighted by molar-refractivity contribution is 7.47. The van der Waals surface area contributed by atoms with Gasteiger partial charge >= 0.3 is 13.8 Å². The zero-order valence-electron chi connectivity index (χ0n) is 39.1. The Hall–Kier alpha value is -2.84. The number of phosphoric acid groups is 1. The van der Waals surface area contributed by atoms with Gasteiger partial charge in [-0.15, -0.1) is 0 Å². The monoisotopic (exact) mass is 871 g/mol. The molecular formula is C52H89NO7P+. The lowest BCUT2D eigenvalue weighted by atomic mass is 10.0. The van der Waals surface area contributed by atoms with Gasteiger partial charge in [0.05, 0.1) is 27.7 Å². The zero-order valence-corrected chi connectivity index (χ0v) is 40.0. The number of hydrogen-bond donors (Lipinski definition) is 2. The molecular weight excluding hydrogens is 782 g/mol. The minimum Gasteiger partial charge on any atom is -0.463 e. The lowest BCUT2D eigenvalue weighted by Gasteiger charge is -2.24. The average molecular weight is 871 g/mol. The third kappa shape index (κ3) is 49.7. The van der Waals surface area contributed by atoms with Gasteiger partial charge in [0.1, 0.15) is 25.9 Å². The number of nitrogens with zero attached hydrogens (tertiary/aromatic N) is 1. The Bertz CT molecular complexity index is 1340. The molecule has 0 aromatic heterocycles. The van der Waals surface area contributed by atoms with Gasteiger partial charge in [0.2, 0.25) is 0 Å². The molecule has 0 heterocycles. The maximum absolute atomic E-state index is 12.0. The van der Waals surface area contributed by atoms with E-state index in [0.717, 1.165) is 77.0 Å². The molecule has 8 nitrogen and oxygen atoms in total. The molecule has 2 unspecified atom stereocenters. The first-order valence-corrected chi connectivity index (χ1v) is 25.2. The number of hydrogen-bond acceptors (Lipinski definition) is 6. The number of carbonyl (C=O) groups is 1. The van der Waals surface area contributed by atoms with Gasteiger partial charge in [0.25, 0.3) is 0 Å². The lowest BCUT2D eigenvalue weighted by molar-refractivity contribution is -0.870. The van der Waals surface area contributed by atoms with Crippen LogP contribution in [0.25, 0.3) is 0 Å². The first kappa shape index (κ1) is 58.2. The third-order valence-corrected chi connectivity index (χ3v) is 10.5. The number of likely N-dealkylation sites (N-methyl/N-ethyl adjacent to an activating group) is 1. The molecule has 0 radical (unpaired) electrons. The summed E-state index contributed by atoms with van der Waals surface area (Å²) in [4.78, 5) is 21.7. The molecule has 0 spiro atoms. The molecule has 0 aromatic rings. The summed E-state index contributed by atoms with van der Waals surface area (Å²) in [6.07, 6.45) is 65.8. The molecule has 9 heteroatoms. The summed E-state index contributed by atoms with van der Waals surface area (Å²) in [6.45, 7) is 2.02. The Morgan fingerprint density at radius 3 is 1.23 bits per heavy atom. The van der Waals surface area contributed by atoms with Crippen molar-refractivity contribution in [2.75, 3.05) is 47.5 Å². The summed E-state index contributed by atoms with van der Waals surface area (Å²) >= 11 is 0. The summed E-state index contributed by atoms with van der Waals surface area (Å²) in [5.41, 5.74) is 0. The first-order chi connectivity index (χ1) is 29.6. The maximum atomic E-state index is 12.0. The number of phosphoric ester groups is 1. The van der Waals surface area contributed by atoms with Crippen LogP contribution in [0.1, 0.15) is 161 Å². The Balaban J connectivity index is 3.51. The van der Waals surface area contributed by atoms with E-state index >= 15 is 0 Å². The van der Waals surface area contributed by atoms with Crippen LogP contribution < -0.4 is 0 Å². The van der Waals surface area contributed by atoms with Crippen LogP contribution in [-0.4, -0.2) is 74.1 Å². The summed E-state index contributed by atoms with van der Waals surface area (Å²) in [5, 5.41) is 9.93. The van der Waals surface area contributed by atoms with Gasteiger partial charge in [-0.25, -0.2) is 4.57 Å². The van der Waals surface area contributed by atoms with Crippen molar-refractivity contribution >= 4 is 13.8 Å². The normalized spacial score (nSPS) is 14.7. The van der Waals surface area contributed by atoms with Crippen LogP contribution in [0.4, 0.5) is 0 Å². The highest BCUT2D eigenvalue weighted by Gasteiger charge is 2.24. The number of esters is 1. The van der Waals surface area contributed by atoms with E-state index in [-0.39, 0.29) is 19.2 Å². The average Bonchev–Trinajstić information content (AvgIpc) is 3.22. The van der Waals surface area contributed by atoms with Gasteiger partial charge in [-0.3, -0.25) is 13.8 Å². The quantitative estimate of drug-likeness (QED) is 0.0207. The van der Waals surface area contributed by atoms with Crippen LogP contribution in [0.15, 0.2) is 109 Å². The molecule has 61 heavy (non-hydrogen) atoms. The smallest absolute Gasteiger partial charge is 0.463 e. The highest BCUT2D eigenvalue weighted by Crippen LogP contribution is 2.43. The molecule has 0 amide bonds. The van der Waals surface area contributed by atoms with Crippen molar-refractivity contribution in [3.05, 3.63) is 109 Å². The highest BCUT2D eigenvalue weighted by atomic mass is 31.2. The second-order valence-corrected chi connectivity index (χ2v) is 18.1. The second kappa shape index (κ2) is 43.8. The van der Waals surface area contributed by atoms with E-state index in [9.17, 15) is 19.4 Å². The van der Waals surface area contributed by atoms with Gasteiger partial charge in [0.15, 0.2) is 0 Å². The molecule has 2 N–H and O–H groups in total. The molecule has 0 bridgehead atoms. The number of rotatable bonds is 42. The van der Waals surface area contributed by atoms with Crippen LogP contribution in [-0.2, 0) is 23.1 Å². The largest absolute Gasteiger partial charge is 0.472 e. The van der Waals surface area contributed by atoms with Crippen molar-refractivity contribution < 1.29 is 37.6 Å². The SMILES string of the molecule is CC/C=C\C/C=C\C/C=C\C/C=C\C/C=C\C/C=C\C/C=C\C/C=C\C/C=C\CCCCCCCCCCCCCCCC(=O)OCC(O)COP(=O)(O)OCC[N+](C)(C)C. The molecule has 0 saturated heterocycles. The number of unbranched alkanes of at least 4 members (excludes halogenated alkanes) is 13. The van der Waals surface area contributed by atoms with E-state index in [0.29, 0.717) is 17.4 Å². The van der Waals surface area contributed by atoms with E-state index in [2.05, 4.69) is 116 Å². The number of aliphatic hydroxyl groups excluding tert-OH is 1. The minimum absolute atomic E-state index is 0.0504. The summed E-state index contributed by atoms with van der Waals surface area (Å²) in [6, 6.07) is 0. The van der Waals surface area contributed by atoms with E-state index in [1.165, 1.54) is 70.6 Å². The third-order valence-electron chi connectivity index (χ3n) is 9.55.